The minimum atomic E-state index is -2.93. The van der Waals surface area contributed by atoms with E-state index < -0.39 is 29.4 Å². The van der Waals surface area contributed by atoms with Crippen molar-refractivity contribution in [3.8, 4) is 0 Å². The second-order valence-electron chi connectivity index (χ2n) is 7.41. The Morgan fingerprint density at radius 3 is 2.58 bits per heavy atom. The van der Waals surface area contributed by atoms with Crippen LogP contribution in [0.1, 0.15) is 49.2 Å². The van der Waals surface area contributed by atoms with Gasteiger partial charge >= 0.3 is 0 Å². The van der Waals surface area contributed by atoms with E-state index in [0.717, 1.165) is 6.07 Å². The van der Waals surface area contributed by atoms with Crippen LogP contribution in [-0.4, -0.2) is 27.1 Å². The number of anilines is 1. The first-order valence-corrected chi connectivity index (χ1v) is 9.81. The predicted molar refractivity (Wildman–Crippen MR) is 109 cm³/mol. The first-order chi connectivity index (χ1) is 14.8. The van der Waals surface area contributed by atoms with Gasteiger partial charge in [0, 0.05) is 30.8 Å². The minimum absolute atomic E-state index is 0.0604. The summed E-state index contributed by atoms with van der Waals surface area (Å²) in [6.45, 7) is 3.68. The molecule has 0 radical (unpaired) electrons. The third-order valence-electron chi connectivity index (χ3n) is 5.25. The van der Waals surface area contributed by atoms with Crippen molar-refractivity contribution in [1.82, 2.24) is 14.6 Å². The highest BCUT2D eigenvalue weighted by molar-refractivity contribution is 5.91. The van der Waals surface area contributed by atoms with Crippen molar-refractivity contribution in [2.45, 2.75) is 39.2 Å². The van der Waals surface area contributed by atoms with E-state index in [2.05, 4.69) is 15.3 Å². The topological polar surface area (TPSA) is 80.1 Å². The van der Waals surface area contributed by atoms with E-state index in [1.807, 2.05) is 0 Å². The lowest BCUT2D eigenvalue weighted by Gasteiger charge is -2.21. The fourth-order valence-corrected chi connectivity index (χ4v) is 3.72. The number of alkyl halides is 2. The molecule has 1 aliphatic rings. The largest absolute Gasteiger partial charge is 0.363 e. The summed E-state index contributed by atoms with van der Waals surface area (Å²) in [4.78, 5) is 33.3. The first-order valence-electron chi connectivity index (χ1n) is 9.81. The van der Waals surface area contributed by atoms with Gasteiger partial charge in [0.25, 0.3) is 12.0 Å². The summed E-state index contributed by atoms with van der Waals surface area (Å²) in [5.41, 5.74) is -0.658. The first kappa shape index (κ1) is 20.8. The molecule has 1 fully saturated rings. The van der Waals surface area contributed by atoms with Crippen LogP contribution in [0.4, 0.5) is 19.0 Å². The van der Waals surface area contributed by atoms with Crippen molar-refractivity contribution in [2.24, 2.45) is 0 Å². The van der Waals surface area contributed by atoms with E-state index in [-0.39, 0.29) is 11.5 Å². The van der Waals surface area contributed by atoms with Crippen LogP contribution in [-0.2, 0) is 4.79 Å². The molecule has 1 amide bonds. The number of carbonyl (C=O) groups excluding carboxylic acids is 1. The van der Waals surface area contributed by atoms with Crippen LogP contribution in [0, 0.1) is 12.7 Å². The van der Waals surface area contributed by atoms with Gasteiger partial charge in [-0.3, -0.25) is 9.59 Å². The zero-order valence-electron chi connectivity index (χ0n) is 16.9. The van der Waals surface area contributed by atoms with Gasteiger partial charge in [-0.1, -0.05) is 18.2 Å². The summed E-state index contributed by atoms with van der Waals surface area (Å²) in [5.74, 6) is -0.467. The summed E-state index contributed by atoms with van der Waals surface area (Å²) >= 11 is 0. The van der Waals surface area contributed by atoms with Crippen LogP contribution in [0.3, 0.4) is 0 Å². The van der Waals surface area contributed by atoms with Crippen LogP contribution in [0.5, 0.6) is 0 Å². The van der Waals surface area contributed by atoms with Gasteiger partial charge in [-0.2, -0.15) is 0 Å². The van der Waals surface area contributed by atoms with Gasteiger partial charge in [-0.25, -0.2) is 32.8 Å². The number of rotatable bonds is 5. The van der Waals surface area contributed by atoms with Gasteiger partial charge in [0.05, 0.1) is 22.5 Å². The molecule has 2 aromatic heterocycles. The Balaban J connectivity index is 1.78. The van der Waals surface area contributed by atoms with E-state index in [9.17, 15) is 22.8 Å². The number of aromatic nitrogens is 3. The number of hydrogen-bond acceptors (Lipinski definition) is 5. The van der Waals surface area contributed by atoms with Gasteiger partial charge < -0.3 is 5.32 Å². The summed E-state index contributed by atoms with van der Waals surface area (Å²) < 4.78 is 42.0. The molecule has 0 bridgehead atoms. The number of nitrogens with zero attached hydrogens (tertiary/aromatic N) is 4. The smallest absolute Gasteiger partial charge is 0.271 e. The van der Waals surface area contributed by atoms with Crippen molar-refractivity contribution in [3.05, 3.63) is 63.6 Å². The number of pyridine rings is 1. The molecule has 1 aliphatic heterocycles. The lowest BCUT2D eigenvalue weighted by atomic mass is 10.0. The Bertz CT molecular complexity index is 1230. The third-order valence-corrected chi connectivity index (χ3v) is 5.25. The summed E-state index contributed by atoms with van der Waals surface area (Å²) in [6, 6.07) is 4.45. The molecule has 7 nitrogen and oxygen atoms in total. The van der Waals surface area contributed by atoms with E-state index in [1.54, 1.807) is 13.8 Å². The zero-order valence-corrected chi connectivity index (χ0v) is 16.9. The van der Waals surface area contributed by atoms with E-state index in [0.29, 0.717) is 41.9 Å². The molecule has 1 aromatic carbocycles. The normalized spacial score (nSPS) is 15.2. The number of aryl methyl sites for hydroxylation is 1. The number of nitrogens with one attached hydrogen (secondary N) is 1. The van der Waals surface area contributed by atoms with Gasteiger partial charge in [-0.05, 0) is 20.3 Å². The van der Waals surface area contributed by atoms with Crippen molar-refractivity contribution >= 4 is 22.6 Å². The molecule has 0 unspecified atom stereocenters. The Kier molecular flexibility index (Phi) is 5.38. The quantitative estimate of drug-likeness (QED) is 0.668. The molecule has 31 heavy (non-hydrogen) atoms. The number of carbonyl (C=O) groups is 1. The second-order valence-corrected chi connectivity index (χ2v) is 7.41. The van der Waals surface area contributed by atoms with Crippen LogP contribution in [0.15, 0.2) is 35.3 Å². The fraction of sp³-hybridized carbons (Fsp3) is 0.333. The molecule has 0 saturated carbocycles. The molecule has 10 heteroatoms. The Morgan fingerprint density at radius 2 is 1.90 bits per heavy atom. The predicted octanol–water partition coefficient (Wildman–Crippen LogP) is 3.61. The molecule has 0 spiro atoms. The summed E-state index contributed by atoms with van der Waals surface area (Å²) in [5, 5.41) is 4.85. The number of amides is 1. The second kappa shape index (κ2) is 8.01. The average Bonchev–Trinajstić information content (AvgIpc) is 3.12. The van der Waals surface area contributed by atoms with Crippen molar-refractivity contribution < 1.29 is 18.0 Å². The van der Waals surface area contributed by atoms with Crippen molar-refractivity contribution in [1.29, 1.82) is 0 Å². The van der Waals surface area contributed by atoms with Crippen LogP contribution in [0.25, 0.3) is 10.9 Å². The van der Waals surface area contributed by atoms with E-state index in [4.69, 9.17) is 0 Å². The molecule has 162 valence electrons. The number of hydrogen-bond donors (Lipinski definition) is 1. The van der Waals surface area contributed by atoms with Crippen LogP contribution in [0.2, 0.25) is 0 Å². The van der Waals surface area contributed by atoms with E-state index >= 15 is 0 Å². The van der Waals surface area contributed by atoms with Crippen LogP contribution >= 0.6 is 0 Å². The SMILES string of the molecule is Cc1nc(N[C@H](C)c2cccc(C(F)F)c2F)c2cn(N3CCCC3=O)c(=O)cc2n1. The standard InChI is InChI=1S/C21H20F3N5O2/c1-11(13-5-3-6-14(19(13)22)20(23)24)25-21-15-10-29(28-8-4-7-17(28)30)18(31)9-16(15)26-12(2)27-21/h3,5-6,9-11,20H,4,7-8H2,1-2H3,(H,25,26,27)/t11-/m1/s1. The van der Waals surface area contributed by atoms with Crippen molar-refractivity contribution in [2.75, 3.05) is 16.9 Å². The van der Waals surface area contributed by atoms with Gasteiger partial charge in [-0.15, -0.1) is 0 Å². The molecule has 1 saturated heterocycles. The van der Waals surface area contributed by atoms with Gasteiger partial charge in [0.1, 0.15) is 17.5 Å². The monoisotopic (exact) mass is 431 g/mol. The Morgan fingerprint density at radius 1 is 1.16 bits per heavy atom. The highest BCUT2D eigenvalue weighted by Crippen LogP contribution is 2.30. The fourth-order valence-electron chi connectivity index (χ4n) is 3.72. The Labute approximate surface area is 175 Å². The molecular weight excluding hydrogens is 411 g/mol. The molecular formula is C21H20F3N5O2. The molecule has 3 heterocycles. The minimum Gasteiger partial charge on any atom is -0.363 e. The Hall–Kier alpha value is -3.43. The summed E-state index contributed by atoms with van der Waals surface area (Å²) in [7, 11) is 0. The molecule has 1 atom stereocenters. The molecule has 1 N–H and O–H groups in total. The molecule has 4 rings (SSSR count). The van der Waals surface area contributed by atoms with Gasteiger partial charge in [0.2, 0.25) is 5.91 Å². The zero-order chi connectivity index (χ0) is 22.3. The maximum atomic E-state index is 14.6. The summed E-state index contributed by atoms with van der Waals surface area (Å²) in [6.07, 6.45) is -0.449. The van der Waals surface area contributed by atoms with Crippen LogP contribution < -0.4 is 15.9 Å². The average molecular weight is 431 g/mol. The number of fused-ring (bicyclic) bond motifs is 1. The highest BCUT2D eigenvalue weighted by atomic mass is 19.3. The lowest BCUT2D eigenvalue weighted by molar-refractivity contribution is -0.118. The third kappa shape index (κ3) is 3.85. The molecule has 0 aliphatic carbocycles. The van der Waals surface area contributed by atoms with E-state index in [1.165, 1.54) is 34.1 Å². The maximum absolute atomic E-state index is 14.6. The molecule has 3 aromatic rings. The number of benzene rings is 1. The number of halogens is 3. The maximum Gasteiger partial charge on any atom is 0.271 e. The highest BCUT2D eigenvalue weighted by Gasteiger charge is 2.24. The lowest BCUT2D eigenvalue weighted by Crippen LogP contribution is -2.42. The van der Waals surface area contributed by atoms with Crippen molar-refractivity contribution in [3.63, 3.8) is 0 Å². The van der Waals surface area contributed by atoms with Gasteiger partial charge in [0.15, 0.2) is 0 Å².